The Balaban J connectivity index is 2.90. The summed E-state index contributed by atoms with van der Waals surface area (Å²) in [7, 11) is -3.25. The minimum Gasteiger partial charge on any atom is -0.365 e. The molecule has 0 aliphatic carbocycles. The van der Waals surface area contributed by atoms with Gasteiger partial charge in [0.2, 0.25) is 0 Å². The summed E-state index contributed by atoms with van der Waals surface area (Å²) in [5.74, 6) is -0.560. The lowest BCUT2D eigenvalue weighted by molar-refractivity contribution is 0.0785. The van der Waals surface area contributed by atoms with Crippen molar-refractivity contribution in [1.29, 1.82) is 0 Å². The molecule has 0 aliphatic heterocycles. The van der Waals surface area contributed by atoms with Gasteiger partial charge in [0, 0.05) is 13.0 Å². The third-order valence-electron chi connectivity index (χ3n) is 2.86. The molecule has 1 aromatic rings. The van der Waals surface area contributed by atoms with Crippen LogP contribution in [0.25, 0.3) is 0 Å². The van der Waals surface area contributed by atoms with Gasteiger partial charge in [-0.05, 0) is 33.3 Å². The number of ether oxygens (including phenoxy) is 1. The molecule has 5 heteroatoms. The Morgan fingerprint density at radius 3 is 2.00 bits per heavy atom. The second kappa shape index (κ2) is 8.58. The van der Waals surface area contributed by atoms with Crippen LogP contribution in [0.3, 0.4) is 0 Å². The smallest absolute Gasteiger partial charge is 0.359 e. The maximum atomic E-state index is 12.8. The van der Waals surface area contributed by atoms with Crippen LogP contribution in [0.15, 0.2) is 24.3 Å². The molecule has 0 N–H and O–H groups in total. The highest BCUT2D eigenvalue weighted by molar-refractivity contribution is 7.54. The summed E-state index contributed by atoms with van der Waals surface area (Å²) in [5, 5.41) is 0. The molecule has 0 aliphatic rings. The van der Waals surface area contributed by atoms with Crippen LogP contribution < -0.4 is 0 Å². The second-order valence-corrected chi connectivity index (χ2v) is 6.65. The van der Waals surface area contributed by atoms with Crippen LogP contribution >= 0.6 is 7.60 Å². The van der Waals surface area contributed by atoms with E-state index in [1.165, 1.54) is 5.56 Å². The number of benzene rings is 1. The van der Waals surface area contributed by atoms with Gasteiger partial charge in [-0.3, -0.25) is 4.57 Å². The van der Waals surface area contributed by atoms with Crippen LogP contribution in [0.5, 0.6) is 0 Å². The fourth-order valence-corrected chi connectivity index (χ4v) is 3.84. The Morgan fingerprint density at radius 2 is 1.55 bits per heavy atom. The number of rotatable bonds is 9. The summed E-state index contributed by atoms with van der Waals surface area (Å²) in [5.41, 5.74) is 2.26. The molecule has 1 unspecified atom stereocenters. The molecule has 1 rings (SSSR count). The van der Waals surface area contributed by atoms with Crippen molar-refractivity contribution in [3.63, 3.8) is 0 Å². The molecule has 0 amide bonds. The van der Waals surface area contributed by atoms with Gasteiger partial charge in [0.25, 0.3) is 0 Å². The summed E-state index contributed by atoms with van der Waals surface area (Å²) in [4.78, 5) is 0. The summed E-state index contributed by atoms with van der Waals surface area (Å²) < 4.78 is 29.2. The van der Waals surface area contributed by atoms with Crippen molar-refractivity contribution in [2.24, 2.45) is 0 Å². The van der Waals surface area contributed by atoms with Crippen LogP contribution in [0.2, 0.25) is 0 Å². The lowest BCUT2D eigenvalue weighted by Gasteiger charge is -2.26. The molecule has 0 saturated carbocycles. The van der Waals surface area contributed by atoms with Gasteiger partial charge in [-0.1, -0.05) is 29.8 Å². The predicted octanol–water partition coefficient (Wildman–Crippen LogP) is 4.17. The summed E-state index contributed by atoms with van der Waals surface area (Å²) in [6, 6.07) is 8.10. The van der Waals surface area contributed by atoms with Crippen LogP contribution in [-0.4, -0.2) is 25.7 Å². The highest BCUT2D eigenvalue weighted by Crippen LogP contribution is 2.54. The Labute approximate surface area is 122 Å². The van der Waals surface area contributed by atoms with E-state index in [1.54, 1.807) is 13.8 Å². The van der Waals surface area contributed by atoms with Gasteiger partial charge >= 0.3 is 7.60 Å². The fraction of sp³-hybridized carbons (Fsp3) is 0.600. The predicted molar refractivity (Wildman–Crippen MR) is 81.2 cm³/mol. The Kier molecular flexibility index (Phi) is 7.46. The van der Waals surface area contributed by atoms with E-state index in [4.69, 9.17) is 13.8 Å². The Morgan fingerprint density at radius 1 is 1.00 bits per heavy atom. The van der Waals surface area contributed by atoms with Crippen molar-refractivity contribution >= 4 is 7.60 Å². The zero-order valence-electron chi connectivity index (χ0n) is 12.8. The molecule has 114 valence electrons. The molecule has 1 aromatic carbocycles. The normalized spacial score (nSPS) is 13.4. The molecule has 4 nitrogen and oxygen atoms in total. The van der Waals surface area contributed by atoms with Crippen molar-refractivity contribution < 1.29 is 18.3 Å². The van der Waals surface area contributed by atoms with Crippen molar-refractivity contribution in [3.05, 3.63) is 35.4 Å². The van der Waals surface area contributed by atoms with Gasteiger partial charge in [0.15, 0.2) is 5.85 Å². The van der Waals surface area contributed by atoms with E-state index in [0.717, 1.165) is 5.56 Å². The van der Waals surface area contributed by atoms with Crippen molar-refractivity contribution in [2.45, 2.75) is 40.0 Å². The van der Waals surface area contributed by atoms with Crippen LogP contribution in [0.4, 0.5) is 0 Å². The zero-order valence-corrected chi connectivity index (χ0v) is 13.7. The topological polar surface area (TPSA) is 44.8 Å². The maximum Gasteiger partial charge on any atom is 0.359 e. The quantitative estimate of drug-likeness (QED) is 0.642. The lowest BCUT2D eigenvalue weighted by atomic mass is 10.1. The van der Waals surface area contributed by atoms with Crippen LogP contribution in [-0.2, 0) is 24.8 Å². The van der Waals surface area contributed by atoms with Gasteiger partial charge in [-0.2, -0.15) is 0 Å². The molecule has 0 radical (unpaired) electrons. The average molecular weight is 300 g/mol. The minimum atomic E-state index is -3.25. The first-order valence-corrected chi connectivity index (χ1v) is 8.72. The zero-order chi connectivity index (χ0) is 15.0. The largest absolute Gasteiger partial charge is 0.365 e. The number of hydrogen-bond acceptors (Lipinski definition) is 4. The molecule has 0 aromatic heterocycles. The molecular formula is C15H25O4P. The summed E-state index contributed by atoms with van der Waals surface area (Å²) >= 11 is 0. The highest BCUT2D eigenvalue weighted by atomic mass is 31.2. The van der Waals surface area contributed by atoms with E-state index < -0.39 is 13.4 Å². The fourth-order valence-electron chi connectivity index (χ4n) is 1.94. The van der Waals surface area contributed by atoms with Crippen molar-refractivity contribution in [1.82, 2.24) is 0 Å². The van der Waals surface area contributed by atoms with E-state index >= 15 is 0 Å². The lowest BCUT2D eigenvalue weighted by Crippen LogP contribution is -2.20. The van der Waals surface area contributed by atoms with E-state index in [9.17, 15) is 4.57 Å². The first-order chi connectivity index (χ1) is 9.55. The van der Waals surface area contributed by atoms with Gasteiger partial charge in [-0.15, -0.1) is 0 Å². The number of hydrogen-bond donors (Lipinski definition) is 0. The molecule has 0 spiro atoms. The first-order valence-electron chi connectivity index (χ1n) is 7.11. The standard InChI is InChI=1S/C15H25O4P/c1-5-17-15(20(16,18-6-2)19-7-3)12-14-10-8-13(4)9-11-14/h8-11,15H,5-7,12H2,1-4H3. The van der Waals surface area contributed by atoms with E-state index in [2.05, 4.69) is 0 Å². The summed E-state index contributed by atoms with van der Waals surface area (Å²) in [6.45, 7) is 8.69. The van der Waals surface area contributed by atoms with Crippen molar-refractivity contribution in [2.75, 3.05) is 19.8 Å². The van der Waals surface area contributed by atoms with Gasteiger partial charge < -0.3 is 13.8 Å². The minimum absolute atomic E-state index is 0.342. The van der Waals surface area contributed by atoms with E-state index in [-0.39, 0.29) is 0 Å². The third-order valence-corrected chi connectivity index (χ3v) is 5.13. The van der Waals surface area contributed by atoms with Crippen LogP contribution in [0.1, 0.15) is 31.9 Å². The number of aryl methyl sites for hydroxylation is 1. The second-order valence-electron chi connectivity index (χ2n) is 4.48. The molecule has 0 saturated heterocycles. The Hall–Kier alpha value is -0.670. The van der Waals surface area contributed by atoms with Gasteiger partial charge in [-0.25, -0.2) is 0 Å². The highest BCUT2D eigenvalue weighted by Gasteiger charge is 2.36. The molecule has 0 bridgehead atoms. The Bertz CT molecular complexity index is 420. The molecule has 20 heavy (non-hydrogen) atoms. The summed E-state index contributed by atoms with van der Waals surface area (Å²) in [6.07, 6.45) is 0.519. The van der Waals surface area contributed by atoms with Gasteiger partial charge in [0.05, 0.1) is 13.2 Å². The van der Waals surface area contributed by atoms with Crippen LogP contribution in [0, 0.1) is 6.92 Å². The monoisotopic (exact) mass is 300 g/mol. The van der Waals surface area contributed by atoms with E-state index in [0.29, 0.717) is 26.2 Å². The molecule has 0 heterocycles. The molecular weight excluding hydrogens is 275 g/mol. The SMILES string of the molecule is CCOC(Cc1ccc(C)cc1)P(=O)(OCC)OCC. The molecule has 0 fully saturated rings. The first kappa shape index (κ1) is 17.4. The van der Waals surface area contributed by atoms with Gasteiger partial charge in [0.1, 0.15) is 0 Å². The maximum absolute atomic E-state index is 12.8. The molecule has 1 atom stereocenters. The third kappa shape index (κ3) is 5.02. The average Bonchev–Trinajstić information content (AvgIpc) is 2.41. The van der Waals surface area contributed by atoms with Crippen molar-refractivity contribution in [3.8, 4) is 0 Å². The van der Waals surface area contributed by atoms with E-state index in [1.807, 2.05) is 38.1 Å².